The minimum Gasteiger partial charge on any atom is -0.497 e. The number of hydrogen-bond donors (Lipinski definition) is 3. The van der Waals surface area contributed by atoms with Crippen LogP contribution in [-0.2, 0) is 11.0 Å². The maximum atomic E-state index is 13.4. The Kier molecular flexibility index (Phi) is 8.09. The first-order chi connectivity index (χ1) is 19.4. The number of nitrogens with zero attached hydrogens (tertiary/aromatic N) is 2. The normalized spacial score (nSPS) is 11.5. The summed E-state index contributed by atoms with van der Waals surface area (Å²) in [5.74, 6) is 1.47. The molecule has 1 unspecified atom stereocenters. The number of benzene rings is 4. The lowest BCUT2D eigenvalue weighted by Gasteiger charge is -2.15. The molecule has 0 saturated heterocycles. The van der Waals surface area contributed by atoms with Crippen LogP contribution in [0.1, 0.15) is 10.4 Å². The molecule has 5 rings (SSSR count). The van der Waals surface area contributed by atoms with Gasteiger partial charge in [0.2, 0.25) is 0 Å². The second kappa shape index (κ2) is 12.0. The third kappa shape index (κ3) is 6.31. The molecule has 1 aromatic heterocycles. The van der Waals surface area contributed by atoms with E-state index in [2.05, 4.69) is 20.3 Å². The van der Waals surface area contributed by atoms with Gasteiger partial charge in [0, 0.05) is 40.2 Å². The predicted molar refractivity (Wildman–Crippen MR) is 158 cm³/mol. The lowest BCUT2D eigenvalue weighted by atomic mass is 10.2. The molecule has 0 aliphatic carbocycles. The molecule has 202 valence electrons. The van der Waals surface area contributed by atoms with Gasteiger partial charge in [-0.2, -0.15) is 0 Å². The highest BCUT2D eigenvalue weighted by Gasteiger charge is 2.15. The van der Waals surface area contributed by atoms with Crippen LogP contribution in [0.4, 0.5) is 23.0 Å². The first-order valence-electron chi connectivity index (χ1n) is 12.0. The summed E-state index contributed by atoms with van der Waals surface area (Å²) >= 11 is 6.01. The zero-order valence-corrected chi connectivity index (χ0v) is 23.0. The molecular weight excluding hydrogens is 550 g/mol. The van der Waals surface area contributed by atoms with Gasteiger partial charge in [-0.1, -0.05) is 35.9 Å². The van der Waals surface area contributed by atoms with Crippen molar-refractivity contribution in [2.45, 2.75) is 4.90 Å². The van der Waals surface area contributed by atoms with Gasteiger partial charge in [-0.15, -0.1) is 0 Å². The molecule has 0 bridgehead atoms. The zero-order chi connectivity index (χ0) is 28.1. The number of halogens is 1. The number of nitrogens with one attached hydrogen (secondary N) is 3. The van der Waals surface area contributed by atoms with E-state index < -0.39 is 11.0 Å². The highest BCUT2D eigenvalue weighted by Crippen LogP contribution is 2.31. The average Bonchev–Trinajstić information content (AvgIpc) is 2.97. The molecule has 40 heavy (non-hydrogen) atoms. The molecule has 0 fully saturated rings. The first-order valence-corrected chi connectivity index (χ1v) is 13.6. The standard InChI is InChI=1S/C29H24ClN5O4S/c1-38-22-14-21(15-23(17-22)39-2)31-27-28(34-26-12-4-3-11-25(26)33-27)35-40(37)24-10-6-9-20(16-24)32-29(36)18-7-5-8-19(30)13-18/h3-17H,1-2H3,(H,31,33)(H,32,36)(H,34,35). The number of ether oxygens (including phenoxy) is 2. The zero-order valence-electron chi connectivity index (χ0n) is 21.5. The van der Waals surface area contributed by atoms with E-state index in [1.165, 1.54) is 0 Å². The Labute approximate surface area is 238 Å². The number of para-hydroxylation sites is 2. The SMILES string of the molecule is COc1cc(Nc2nc3ccccc3nc2NS(=O)c2cccc(NC(=O)c3cccc(Cl)c3)c2)cc(OC)c1. The molecule has 4 aromatic carbocycles. The average molecular weight is 574 g/mol. The fourth-order valence-corrected chi connectivity index (χ4v) is 4.91. The van der Waals surface area contributed by atoms with E-state index in [4.69, 9.17) is 26.1 Å². The molecule has 1 atom stereocenters. The van der Waals surface area contributed by atoms with E-state index >= 15 is 0 Å². The number of aromatic nitrogens is 2. The van der Waals surface area contributed by atoms with Gasteiger partial charge in [0.1, 0.15) is 11.5 Å². The fraction of sp³-hybridized carbons (Fsp3) is 0.0690. The first kappa shape index (κ1) is 26.9. The van der Waals surface area contributed by atoms with Crippen LogP contribution in [0.3, 0.4) is 0 Å². The summed E-state index contributed by atoms with van der Waals surface area (Å²) in [5, 5.41) is 6.50. The van der Waals surface area contributed by atoms with E-state index in [1.807, 2.05) is 24.3 Å². The number of rotatable bonds is 9. The molecule has 0 spiro atoms. The van der Waals surface area contributed by atoms with Crippen molar-refractivity contribution in [2.24, 2.45) is 0 Å². The number of methoxy groups -OCH3 is 2. The van der Waals surface area contributed by atoms with E-state index in [1.54, 1.807) is 80.9 Å². The largest absolute Gasteiger partial charge is 0.497 e. The van der Waals surface area contributed by atoms with Gasteiger partial charge in [0.25, 0.3) is 5.91 Å². The van der Waals surface area contributed by atoms with Gasteiger partial charge in [-0.05, 0) is 48.5 Å². The molecule has 11 heteroatoms. The monoisotopic (exact) mass is 573 g/mol. The number of amides is 1. The molecule has 0 aliphatic heterocycles. The Bertz CT molecular complexity index is 1710. The molecule has 1 heterocycles. The third-order valence-corrected chi connectivity index (χ3v) is 7.06. The predicted octanol–water partition coefficient (Wildman–Crippen LogP) is 6.43. The summed E-state index contributed by atoms with van der Waals surface area (Å²) in [6.07, 6.45) is 0. The molecule has 0 aliphatic rings. The van der Waals surface area contributed by atoms with Crippen LogP contribution < -0.4 is 24.8 Å². The molecule has 0 saturated carbocycles. The number of carbonyl (C=O) groups excluding carboxylic acids is 1. The van der Waals surface area contributed by atoms with E-state index in [0.29, 0.717) is 55.2 Å². The minimum absolute atomic E-state index is 0.271. The highest BCUT2D eigenvalue weighted by molar-refractivity contribution is 7.86. The number of carbonyl (C=O) groups is 1. The third-order valence-electron chi connectivity index (χ3n) is 5.77. The van der Waals surface area contributed by atoms with E-state index in [9.17, 15) is 9.00 Å². The Balaban J connectivity index is 1.42. The molecule has 5 aromatic rings. The lowest BCUT2D eigenvalue weighted by Crippen LogP contribution is -2.13. The van der Waals surface area contributed by atoms with Crippen molar-refractivity contribution in [1.29, 1.82) is 0 Å². The maximum absolute atomic E-state index is 13.4. The van der Waals surface area contributed by atoms with Crippen molar-refractivity contribution in [1.82, 2.24) is 9.97 Å². The smallest absolute Gasteiger partial charge is 0.255 e. The van der Waals surface area contributed by atoms with Crippen molar-refractivity contribution in [3.8, 4) is 11.5 Å². The second-order valence-electron chi connectivity index (χ2n) is 8.50. The summed E-state index contributed by atoms with van der Waals surface area (Å²) in [4.78, 5) is 22.5. The number of anilines is 4. The summed E-state index contributed by atoms with van der Waals surface area (Å²) in [7, 11) is 1.39. The quantitative estimate of drug-likeness (QED) is 0.186. The van der Waals surface area contributed by atoms with Crippen LogP contribution in [0, 0.1) is 0 Å². The van der Waals surface area contributed by atoms with Crippen molar-refractivity contribution < 1.29 is 18.5 Å². The van der Waals surface area contributed by atoms with Gasteiger partial charge in [0.05, 0.1) is 30.1 Å². The molecule has 9 nitrogen and oxygen atoms in total. The number of hydrogen-bond acceptors (Lipinski definition) is 7. The Morgan fingerprint density at radius 2 is 1.45 bits per heavy atom. The van der Waals surface area contributed by atoms with Crippen LogP contribution >= 0.6 is 11.6 Å². The van der Waals surface area contributed by atoms with Gasteiger partial charge < -0.3 is 20.1 Å². The summed E-state index contributed by atoms with van der Waals surface area (Å²) in [6.45, 7) is 0. The molecule has 0 radical (unpaired) electrons. The van der Waals surface area contributed by atoms with E-state index in [-0.39, 0.29) is 11.7 Å². The summed E-state index contributed by atoms with van der Waals surface area (Å²) < 4.78 is 27.1. The molecule has 3 N–H and O–H groups in total. The van der Waals surface area contributed by atoms with Gasteiger partial charge >= 0.3 is 0 Å². The van der Waals surface area contributed by atoms with Crippen LogP contribution in [0.15, 0.2) is 95.9 Å². The van der Waals surface area contributed by atoms with Crippen molar-refractivity contribution in [3.05, 3.63) is 102 Å². The maximum Gasteiger partial charge on any atom is 0.255 e. The fourth-order valence-electron chi connectivity index (χ4n) is 3.84. The Hall–Kier alpha value is -4.67. The van der Waals surface area contributed by atoms with Crippen LogP contribution in [-0.4, -0.2) is 34.3 Å². The molecule has 1 amide bonds. The second-order valence-corrected chi connectivity index (χ2v) is 10.1. The van der Waals surface area contributed by atoms with Crippen molar-refractivity contribution in [2.75, 3.05) is 29.6 Å². The number of fused-ring (bicyclic) bond motifs is 1. The van der Waals surface area contributed by atoms with Gasteiger partial charge in [-0.3, -0.25) is 9.52 Å². The van der Waals surface area contributed by atoms with Crippen LogP contribution in [0.25, 0.3) is 11.0 Å². The molecular formula is C29H24ClN5O4S. The topological polar surface area (TPSA) is 114 Å². The lowest BCUT2D eigenvalue weighted by molar-refractivity contribution is 0.102. The Morgan fingerprint density at radius 3 is 2.12 bits per heavy atom. The summed E-state index contributed by atoms with van der Waals surface area (Å²) in [5.41, 5.74) is 2.80. The van der Waals surface area contributed by atoms with Crippen molar-refractivity contribution >= 4 is 62.5 Å². The minimum atomic E-state index is -1.75. The van der Waals surface area contributed by atoms with Gasteiger partial charge in [0.15, 0.2) is 22.6 Å². The van der Waals surface area contributed by atoms with Crippen molar-refractivity contribution in [3.63, 3.8) is 0 Å². The Morgan fingerprint density at radius 1 is 0.775 bits per heavy atom. The van der Waals surface area contributed by atoms with Crippen LogP contribution in [0.2, 0.25) is 5.02 Å². The summed E-state index contributed by atoms with van der Waals surface area (Å²) in [6, 6.07) is 26.1. The van der Waals surface area contributed by atoms with Crippen LogP contribution in [0.5, 0.6) is 11.5 Å². The van der Waals surface area contributed by atoms with Gasteiger partial charge in [-0.25, -0.2) is 14.2 Å². The highest BCUT2D eigenvalue weighted by atomic mass is 35.5. The van der Waals surface area contributed by atoms with E-state index in [0.717, 1.165) is 0 Å².